The molecule has 0 aliphatic rings. The lowest BCUT2D eigenvalue weighted by Gasteiger charge is -2.23. The van der Waals surface area contributed by atoms with Gasteiger partial charge in [0.05, 0.1) is 5.69 Å². The van der Waals surface area contributed by atoms with Gasteiger partial charge in [-0.3, -0.25) is 9.36 Å². The van der Waals surface area contributed by atoms with Crippen LogP contribution in [0.25, 0.3) is 11.3 Å². The van der Waals surface area contributed by atoms with Gasteiger partial charge in [0.1, 0.15) is 5.54 Å². The molecule has 2 rings (SSSR count). The fourth-order valence-electron chi connectivity index (χ4n) is 1.79. The number of benzene rings is 1. The van der Waals surface area contributed by atoms with Gasteiger partial charge in [-0.15, -0.1) is 0 Å². The van der Waals surface area contributed by atoms with Gasteiger partial charge in [0.15, 0.2) is 0 Å². The Hall–Kier alpha value is -2.08. The van der Waals surface area contributed by atoms with Crippen molar-refractivity contribution in [3.8, 4) is 11.3 Å². The molecule has 0 saturated heterocycles. The molecule has 100 valence electrons. The predicted octanol–water partition coefficient (Wildman–Crippen LogP) is 1.98. The number of thiazole rings is 1. The van der Waals surface area contributed by atoms with E-state index in [1.807, 2.05) is 0 Å². The highest BCUT2D eigenvalue weighted by Gasteiger charge is 2.33. The number of carboxylic acid groups (broad SMARTS) is 1. The van der Waals surface area contributed by atoms with Crippen molar-refractivity contribution < 1.29 is 9.90 Å². The molecule has 0 aliphatic heterocycles. The zero-order valence-corrected chi connectivity index (χ0v) is 11.4. The topological polar surface area (TPSA) is 85.3 Å². The molecule has 1 heterocycles. The van der Waals surface area contributed by atoms with Crippen LogP contribution in [-0.2, 0) is 10.3 Å². The molecule has 0 radical (unpaired) electrons. The standard InChI is InChI=1S/C13H14N2O3S/c1-13(2,11(16)17)15-10(7-19-12(15)18)8-3-5-9(14)6-4-8/h3-7H,14H2,1-2H3,(H,16,17). The summed E-state index contributed by atoms with van der Waals surface area (Å²) in [6, 6.07) is 6.97. The molecule has 0 fully saturated rings. The molecule has 0 saturated carbocycles. The molecule has 5 nitrogen and oxygen atoms in total. The van der Waals surface area contributed by atoms with Crippen LogP contribution in [0, 0.1) is 0 Å². The number of hydrogen-bond acceptors (Lipinski definition) is 4. The zero-order valence-electron chi connectivity index (χ0n) is 10.6. The van der Waals surface area contributed by atoms with E-state index < -0.39 is 11.5 Å². The lowest BCUT2D eigenvalue weighted by atomic mass is 10.0. The van der Waals surface area contributed by atoms with Crippen molar-refractivity contribution in [3.05, 3.63) is 39.3 Å². The van der Waals surface area contributed by atoms with Crippen LogP contribution in [0.15, 0.2) is 34.4 Å². The van der Waals surface area contributed by atoms with E-state index >= 15 is 0 Å². The molecule has 1 aromatic heterocycles. The molecule has 0 aliphatic carbocycles. The van der Waals surface area contributed by atoms with Crippen LogP contribution < -0.4 is 10.6 Å². The number of carbonyl (C=O) groups is 1. The van der Waals surface area contributed by atoms with Crippen LogP contribution >= 0.6 is 11.3 Å². The minimum atomic E-state index is -1.30. The first-order valence-electron chi connectivity index (χ1n) is 5.64. The summed E-state index contributed by atoms with van der Waals surface area (Å²) >= 11 is 0.987. The van der Waals surface area contributed by atoms with Gasteiger partial charge in [-0.2, -0.15) is 0 Å². The van der Waals surface area contributed by atoms with Crippen LogP contribution in [0.5, 0.6) is 0 Å². The van der Waals surface area contributed by atoms with E-state index in [2.05, 4.69) is 0 Å². The van der Waals surface area contributed by atoms with E-state index in [9.17, 15) is 14.7 Å². The summed E-state index contributed by atoms with van der Waals surface area (Å²) < 4.78 is 1.30. The molecule has 0 bridgehead atoms. The number of anilines is 1. The Morgan fingerprint density at radius 1 is 1.32 bits per heavy atom. The van der Waals surface area contributed by atoms with Crippen molar-refractivity contribution in [2.75, 3.05) is 5.73 Å². The average Bonchev–Trinajstić information content (AvgIpc) is 2.72. The third-order valence-electron chi connectivity index (χ3n) is 2.98. The molecule has 0 unspecified atom stereocenters. The Morgan fingerprint density at radius 3 is 2.42 bits per heavy atom. The van der Waals surface area contributed by atoms with Crippen LogP contribution in [0.2, 0.25) is 0 Å². The summed E-state index contributed by atoms with van der Waals surface area (Å²) in [4.78, 5) is 23.0. The molecule has 3 N–H and O–H groups in total. The fourth-order valence-corrected chi connectivity index (χ4v) is 2.67. The first-order valence-corrected chi connectivity index (χ1v) is 6.52. The summed E-state index contributed by atoms with van der Waals surface area (Å²) in [5, 5.41) is 10.9. The largest absolute Gasteiger partial charge is 0.480 e. The third kappa shape index (κ3) is 2.26. The van der Waals surface area contributed by atoms with E-state index in [1.165, 1.54) is 18.4 Å². The van der Waals surface area contributed by atoms with E-state index in [0.29, 0.717) is 11.4 Å². The maximum Gasteiger partial charge on any atom is 0.329 e. The second-order valence-electron chi connectivity index (χ2n) is 4.71. The molecule has 1 aromatic carbocycles. The number of carboxylic acids is 1. The van der Waals surface area contributed by atoms with Crippen molar-refractivity contribution in [1.29, 1.82) is 0 Å². The average molecular weight is 278 g/mol. The highest BCUT2D eigenvalue weighted by atomic mass is 32.1. The van der Waals surface area contributed by atoms with E-state index in [-0.39, 0.29) is 4.87 Å². The smallest absolute Gasteiger partial charge is 0.329 e. The quantitative estimate of drug-likeness (QED) is 0.841. The van der Waals surface area contributed by atoms with Gasteiger partial charge in [0, 0.05) is 11.1 Å². The normalized spacial score (nSPS) is 11.5. The van der Waals surface area contributed by atoms with Gasteiger partial charge < -0.3 is 10.8 Å². The lowest BCUT2D eigenvalue weighted by Crippen LogP contribution is -2.41. The van der Waals surface area contributed by atoms with Crippen molar-refractivity contribution in [2.45, 2.75) is 19.4 Å². The minimum absolute atomic E-state index is 0.292. The molecule has 0 atom stereocenters. The summed E-state index contributed by atoms with van der Waals surface area (Å²) in [6.45, 7) is 3.01. The van der Waals surface area contributed by atoms with Crippen LogP contribution in [0.3, 0.4) is 0 Å². The number of aromatic nitrogens is 1. The SMILES string of the molecule is CC(C)(C(=O)O)n1c(-c2ccc(N)cc2)csc1=O. The predicted molar refractivity (Wildman–Crippen MR) is 75.4 cm³/mol. The Labute approximate surface area is 113 Å². The monoisotopic (exact) mass is 278 g/mol. The van der Waals surface area contributed by atoms with Crippen molar-refractivity contribution in [2.24, 2.45) is 0 Å². The summed E-state index contributed by atoms with van der Waals surface area (Å²) in [5.41, 5.74) is 6.29. The summed E-state index contributed by atoms with van der Waals surface area (Å²) in [5.74, 6) is -1.05. The van der Waals surface area contributed by atoms with Crippen molar-refractivity contribution in [3.63, 3.8) is 0 Å². The second kappa shape index (κ2) is 4.55. The molecule has 0 spiro atoms. The van der Waals surface area contributed by atoms with Crippen LogP contribution in [0.1, 0.15) is 13.8 Å². The second-order valence-corrected chi connectivity index (χ2v) is 5.53. The highest BCUT2D eigenvalue weighted by Crippen LogP contribution is 2.27. The summed E-state index contributed by atoms with van der Waals surface area (Å²) in [7, 11) is 0. The molecule has 6 heteroatoms. The van der Waals surface area contributed by atoms with Crippen LogP contribution in [-0.4, -0.2) is 15.6 Å². The first-order chi connectivity index (χ1) is 8.84. The number of nitrogen functional groups attached to an aromatic ring is 1. The van der Waals surface area contributed by atoms with Gasteiger partial charge in [-0.25, -0.2) is 4.79 Å². The molecule has 0 amide bonds. The van der Waals surface area contributed by atoms with Gasteiger partial charge in [0.2, 0.25) is 0 Å². The molecular formula is C13H14N2O3S. The molecular weight excluding hydrogens is 264 g/mol. The first kappa shape index (κ1) is 13.4. The summed E-state index contributed by atoms with van der Waals surface area (Å²) in [6.07, 6.45) is 0. The third-order valence-corrected chi connectivity index (χ3v) is 3.71. The Balaban J connectivity index is 2.64. The Bertz CT molecular complexity index is 668. The number of nitrogens with zero attached hydrogens (tertiary/aromatic N) is 1. The van der Waals surface area contributed by atoms with Gasteiger partial charge in [-0.1, -0.05) is 23.5 Å². The molecule has 19 heavy (non-hydrogen) atoms. The van der Waals surface area contributed by atoms with Gasteiger partial charge in [0.25, 0.3) is 0 Å². The van der Waals surface area contributed by atoms with Crippen molar-refractivity contribution >= 4 is 23.0 Å². The minimum Gasteiger partial charge on any atom is -0.480 e. The molecule has 2 aromatic rings. The van der Waals surface area contributed by atoms with Crippen LogP contribution in [0.4, 0.5) is 5.69 Å². The lowest BCUT2D eigenvalue weighted by molar-refractivity contribution is -0.145. The number of aliphatic carboxylic acids is 1. The van der Waals surface area contributed by atoms with Crippen molar-refractivity contribution in [1.82, 2.24) is 4.57 Å². The van der Waals surface area contributed by atoms with Gasteiger partial charge in [-0.05, 0) is 31.5 Å². The fraction of sp³-hybridized carbons (Fsp3) is 0.231. The van der Waals surface area contributed by atoms with E-state index in [4.69, 9.17) is 5.73 Å². The van der Waals surface area contributed by atoms with Gasteiger partial charge >= 0.3 is 10.8 Å². The maximum absolute atomic E-state index is 11.9. The maximum atomic E-state index is 11.9. The number of nitrogens with two attached hydrogens (primary N) is 1. The highest BCUT2D eigenvalue weighted by molar-refractivity contribution is 7.07. The van der Waals surface area contributed by atoms with E-state index in [0.717, 1.165) is 16.9 Å². The zero-order chi connectivity index (χ0) is 14.2. The Morgan fingerprint density at radius 2 is 1.89 bits per heavy atom. The number of hydrogen-bond donors (Lipinski definition) is 2. The number of rotatable bonds is 3. The van der Waals surface area contributed by atoms with E-state index in [1.54, 1.807) is 29.6 Å². The Kier molecular flexibility index (Phi) is 3.20.